The number of rotatable bonds is 4. The summed E-state index contributed by atoms with van der Waals surface area (Å²) in [7, 11) is 0. The Morgan fingerprint density at radius 1 is 1.23 bits per heavy atom. The largest absolute Gasteiger partial charge is 0.368 e. The van der Waals surface area contributed by atoms with Crippen molar-refractivity contribution in [3.8, 4) is 0 Å². The van der Waals surface area contributed by atoms with Crippen LogP contribution in [0.15, 0.2) is 24.4 Å². The molecule has 2 N–H and O–H groups in total. The third-order valence-corrected chi connectivity index (χ3v) is 4.83. The van der Waals surface area contributed by atoms with Crippen LogP contribution < -0.4 is 5.73 Å². The van der Waals surface area contributed by atoms with Crippen LogP contribution in [0.3, 0.4) is 0 Å². The van der Waals surface area contributed by atoms with Crippen molar-refractivity contribution < 1.29 is 9.59 Å². The number of hydrogen-bond acceptors (Lipinski definition) is 6. The molecule has 0 spiro atoms. The van der Waals surface area contributed by atoms with Crippen molar-refractivity contribution in [2.75, 3.05) is 18.8 Å². The summed E-state index contributed by atoms with van der Waals surface area (Å²) < 4.78 is 0. The number of likely N-dealkylation sites (tertiary alicyclic amines) is 1. The van der Waals surface area contributed by atoms with Gasteiger partial charge in [0.05, 0.1) is 6.42 Å². The Bertz CT molecular complexity index is 799. The second-order valence-corrected chi connectivity index (χ2v) is 6.67. The van der Waals surface area contributed by atoms with Crippen LogP contribution in [0.25, 0.3) is 0 Å². The number of nitrogens with zero attached hydrogens (tertiary/aromatic N) is 4. The number of carbonyl (C=O) groups is 2. The van der Waals surface area contributed by atoms with Gasteiger partial charge in [-0.25, -0.2) is 9.97 Å². The standard InChI is InChI=1S/C19H23N5O2/c1-12-15(13(2)23-19(20)22-12)10-17(25)24-9-5-6-14(11-24)18(26)16-7-3-4-8-21-16/h3-4,7-8,14H,5-6,9-11H2,1-2H3,(H2,20,22,23). The molecule has 1 fully saturated rings. The number of anilines is 1. The maximum Gasteiger partial charge on any atom is 0.227 e. The van der Waals surface area contributed by atoms with Gasteiger partial charge in [-0.05, 0) is 38.8 Å². The molecular weight excluding hydrogens is 330 g/mol. The SMILES string of the molecule is Cc1nc(N)nc(C)c1CC(=O)N1CCCC(C(=O)c2ccccn2)C1. The molecule has 136 valence electrons. The van der Waals surface area contributed by atoms with Crippen molar-refractivity contribution in [1.82, 2.24) is 19.9 Å². The summed E-state index contributed by atoms with van der Waals surface area (Å²) >= 11 is 0. The number of aromatic nitrogens is 3. The topological polar surface area (TPSA) is 102 Å². The first-order chi connectivity index (χ1) is 12.5. The number of amides is 1. The van der Waals surface area contributed by atoms with Crippen molar-refractivity contribution in [3.63, 3.8) is 0 Å². The van der Waals surface area contributed by atoms with Gasteiger partial charge in [0.15, 0.2) is 5.78 Å². The fourth-order valence-electron chi connectivity index (χ4n) is 3.42. The molecule has 7 nitrogen and oxygen atoms in total. The Kier molecular flexibility index (Phi) is 5.25. The van der Waals surface area contributed by atoms with Gasteiger partial charge < -0.3 is 10.6 Å². The zero-order valence-corrected chi connectivity index (χ0v) is 15.1. The van der Waals surface area contributed by atoms with Crippen LogP contribution in [-0.4, -0.2) is 44.6 Å². The fraction of sp³-hybridized carbons (Fsp3) is 0.421. The second kappa shape index (κ2) is 7.59. The first-order valence-corrected chi connectivity index (χ1v) is 8.78. The molecule has 1 aliphatic rings. The highest BCUT2D eigenvalue weighted by Gasteiger charge is 2.30. The summed E-state index contributed by atoms with van der Waals surface area (Å²) in [5.41, 5.74) is 8.37. The molecule has 1 amide bonds. The number of hydrogen-bond donors (Lipinski definition) is 1. The molecule has 3 heterocycles. The van der Waals surface area contributed by atoms with Crippen molar-refractivity contribution >= 4 is 17.6 Å². The van der Waals surface area contributed by atoms with Gasteiger partial charge in [0.2, 0.25) is 11.9 Å². The van der Waals surface area contributed by atoms with Crippen molar-refractivity contribution in [3.05, 3.63) is 47.0 Å². The maximum atomic E-state index is 12.8. The van der Waals surface area contributed by atoms with Crippen LogP contribution in [0, 0.1) is 19.8 Å². The quantitative estimate of drug-likeness (QED) is 0.840. The van der Waals surface area contributed by atoms with Gasteiger partial charge in [-0.2, -0.15) is 0 Å². The lowest BCUT2D eigenvalue weighted by Gasteiger charge is -2.32. The summed E-state index contributed by atoms with van der Waals surface area (Å²) in [5.74, 6) is 0.0111. The number of carbonyl (C=O) groups excluding carboxylic acids is 2. The Morgan fingerprint density at radius 3 is 2.62 bits per heavy atom. The fourth-order valence-corrected chi connectivity index (χ4v) is 3.42. The third kappa shape index (κ3) is 3.87. The van der Waals surface area contributed by atoms with Gasteiger partial charge in [0.1, 0.15) is 5.69 Å². The lowest BCUT2D eigenvalue weighted by atomic mass is 9.91. The summed E-state index contributed by atoms with van der Waals surface area (Å²) in [6, 6.07) is 5.31. The molecule has 1 aliphatic heterocycles. The predicted molar refractivity (Wildman–Crippen MR) is 97.5 cm³/mol. The Balaban J connectivity index is 1.70. The molecule has 2 aromatic heterocycles. The minimum atomic E-state index is -0.201. The highest BCUT2D eigenvalue weighted by atomic mass is 16.2. The Hall–Kier alpha value is -2.83. The second-order valence-electron chi connectivity index (χ2n) is 6.67. The first-order valence-electron chi connectivity index (χ1n) is 8.78. The monoisotopic (exact) mass is 353 g/mol. The molecule has 1 unspecified atom stereocenters. The molecule has 1 atom stereocenters. The Morgan fingerprint density at radius 2 is 1.96 bits per heavy atom. The van der Waals surface area contributed by atoms with Gasteiger partial charge in [-0.1, -0.05) is 6.07 Å². The minimum absolute atomic E-state index is 0.00581. The molecule has 0 bridgehead atoms. The zero-order valence-electron chi connectivity index (χ0n) is 15.1. The minimum Gasteiger partial charge on any atom is -0.368 e. The van der Waals surface area contributed by atoms with Gasteiger partial charge >= 0.3 is 0 Å². The summed E-state index contributed by atoms with van der Waals surface area (Å²) in [4.78, 5) is 39.6. The van der Waals surface area contributed by atoms with Crippen molar-refractivity contribution in [2.24, 2.45) is 5.92 Å². The predicted octanol–water partition coefficient (Wildman–Crippen LogP) is 1.73. The van der Waals surface area contributed by atoms with E-state index >= 15 is 0 Å². The van der Waals surface area contributed by atoms with E-state index in [4.69, 9.17) is 5.73 Å². The number of piperidine rings is 1. The van der Waals surface area contributed by atoms with E-state index < -0.39 is 0 Å². The highest BCUT2D eigenvalue weighted by molar-refractivity contribution is 5.96. The van der Waals surface area contributed by atoms with E-state index in [1.54, 1.807) is 29.3 Å². The smallest absolute Gasteiger partial charge is 0.227 e. The number of pyridine rings is 1. The van der Waals surface area contributed by atoms with Crippen molar-refractivity contribution in [2.45, 2.75) is 33.1 Å². The molecular formula is C19H23N5O2. The van der Waals surface area contributed by atoms with Crippen LogP contribution in [-0.2, 0) is 11.2 Å². The number of nitrogens with two attached hydrogens (primary N) is 1. The van der Waals surface area contributed by atoms with Gasteiger partial charge in [0.25, 0.3) is 0 Å². The van der Waals surface area contributed by atoms with Crippen LogP contribution in [0.1, 0.15) is 40.3 Å². The van der Waals surface area contributed by atoms with Crippen LogP contribution in [0.4, 0.5) is 5.95 Å². The normalized spacial score (nSPS) is 17.2. The lowest BCUT2D eigenvalue weighted by molar-refractivity contribution is -0.131. The molecule has 0 aromatic carbocycles. The van der Waals surface area contributed by atoms with E-state index in [9.17, 15) is 9.59 Å². The molecule has 0 radical (unpaired) electrons. The van der Waals surface area contributed by atoms with E-state index in [2.05, 4.69) is 15.0 Å². The van der Waals surface area contributed by atoms with Crippen LogP contribution in [0.5, 0.6) is 0 Å². The van der Waals surface area contributed by atoms with E-state index in [-0.39, 0.29) is 30.0 Å². The molecule has 0 aliphatic carbocycles. The molecule has 3 rings (SSSR count). The molecule has 7 heteroatoms. The molecule has 2 aromatic rings. The maximum absolute atomic E-state index is 12.8. The first kappa shape index (κ1) is 18.0. The van der Waals surface area contributed by atoms with Gasteiger partial charge in [-0.3, -0.25) is 14.6 Å². The Labute approximate surface area is 152 Å². The molecule has 1 saturated heterocycles. The lowest BCUT2D eigenvalue weighted by Crippen LogP contribution is -2.43. The van der Waals surface area contributed by atoms with Crippen LogP contribution in [0.2, 0.25) is 0 Å². The van der Waals surface area contributed by atoms with Crippen LogP contribution >= 0.6 is 0 Å². The van der Waals surface area contributed by atoms with Crippen molar-refractivity contribution in [1.29, 1.82) is 0 Å². The number of Topliss-reactive ketones (excluding diaryl/α,β-unsaturated/α-hetero) is 1. The van der Waals surface area contributed by atoms with E-state index in [0.717, 1.165) is 29.8 Å². The highest BCUT2D eigenvalue weighted by Crippen LogP contribution is 2.22. The van der Waals surface area contributed by atoms with Gasteiger partial charge in [0, 0.05) is 42.2 Å². The number of aryl methyl sites for hydroxylation is 2. The summed E-state index contributed by atoms with van der Waals surface area (Å²) in [5, 5.41) is 0. The summed E-state index contributed by atoms with van der Waals surface area (Å²) in [6.45, 7) is 4.76. The average molecular weight is 353 g/mol. The number of ketones is 1. The van der Waals surface area contributed by atoms with Gasteiger partial charge in [-0.15, -0.1) is 0 Å². The van der Waals surface area contributed by atoms with E-state index in [0.29, 0.717) is 18.8 Å². The molecule has 26 heavy (non-hydrogen) atoms. The zero-order chi connectivity index (χ0) is 18.7. The summed E-state index contributed by atoms with van der Waals surface area (Å²) in [6.07, 6.45) is 3.43. The average Bonchev–Trinajstić information content (AvgIpc) is 2.64. The number of nitrogen functional groups attached to an aromatic ring is 1. The third-order valence-electron chi connectivity index (χ3n) is 4.83. The molecule has 0 saturated carbocycles. The van der Waals surface area contributed by atoms with E-state index in [1.807, 2.05) is 13.8 Å². The van der Waals surface area contributed by atoms with E-state index in [1.165, 1.54) is 0 Å².